The first-order valence-electron chi connectivity index (χ1n) is 5.35. The maximum absolute atomic E-state index is 10.9. The average Bonchev–Trinajstić information content (AvgIpc) is 2.38. The molecule has 1 aromatic carbocycles. The molecular formula is C12H9N3O4. The van der Waals surface area contributed by atoms with Gasteiger partial charge in [0.15, 0.2) is 0 Å². The molecule has 0 saturated carbocycles. The normalized spacial score (nSPS) is 11.5. The smallest absolute Gasteiger partial charge is 0.259 e. The minimum absolute atomic E-state index is 0.0426. The Balaban J connectivity index is 2.72. The second-order valence-electron chi connectivity index (χ2n) is 3.87. The molecule has 0 radical (unpaired) electrons. The van der Waals surface area contributed by atoms with Crippen molar-refractivity contribution in [3.8, 4) is 0 Å². The zero-order valence-electron chi connectivity index (χ0n) is 9.94. The van der Waals surface area contributed by atoms with Crippen molar-refractivity contribution in [1.82, 2.24) is 4.98 Å². The highest BCUT2D eigenvalue weighted by molar-refractivity contribution is 5.93. The van der Waals surface area contributed by atoms with Crippen molar-refractivity contribution in [3.05, 3.63) is 62.0 Å². The second kappa shape index (κ2) is 4.81. The third kappa shape index (κ3) is 2.39. The SMILES string of the molecule is CC(=Cc1ccnc2c([N+](=O)[O-])cccc12)[N+](=O)[O-]. The number of fused-ring (bicyclic) bond motifs is 1. The van der Waals surface area contributed by atoms with E-state index in [9.17, 15) is 20.2 Å². The lowest BCUT2D eigenvalue weighted by Crippen LogP contribution is -1.95. The number of hydrogen-bond donors (Lipinski definition) is 0. The Morgan fingerprint density at radius 2 is 2.00 bits per heavy atom. The van der Waals surface area contributed by atoms with Crippen molar-refractivity contribution < 1.29 is 9.85 Å². The number of allylic oxidation sites excluding steroid dienone is 1. The van der Waals surface area contributed by atoms with Crippen molar-refractivity contribution in [1.29, 1.82) is 0 Å². The van der Waals surface area contributed by atoms with Crippen LogP contribution in [0.5, 0.6) is 0 Å². The van der Waals surface area contributed by atoms with Crippen LogP contribution in [-0.4, -0.2) is 14.8 Å². The highest BCUT2D eigenvalue weighted by Crippen LogP contribution is 2.26. The van der Waals surface area contributed by atoms with Crippen molar-refractivity contribution in [3.63, 3.8) is 0 Å². The van der Waals surface area contributed by atoms with Crippen molar-refractivity contribution >= 4 is 22.7 Å². The van der Waals surface area contributed by atoms with Gasteiger partial charge in [0, 0.05) is 30.6 Å². The Kier molecular flexibility index (Phi) is 3.19. The van der Waals surface area contributed by atoms with Crippen LogP contribution in [0.4, 0.5) is 5.69 Å². The van der Waals surface area contributed by atoms with E-state index in [4.69, 9.17) is 0 Å². The fourth-order valence-corrected chi connectivity index (χ4v) is 1.73. The van der Waals surface area contributed by atoms with Gasteiger partial charge in [0.1, 0.15) is 5.52 Å². The lowest BCUT2D eigenvalue weighted by molar-refractivity contribution is -0.422. The number of nitrogens with zero attached hydrogens (tertiary/aromatic N) is 3. The summed E-state index contributed by atoms with van der Waals surface area (Å²) in [6.45, 7) is 1.36. The van der Waals surface area contributed by atoms with Crippen molar-refractivity contribution in [2.75, 3.05) is 0 Å². The largest absolute Gasteiger partial charge is 0.295 e. The maximum Gasteiger partial charge on any atom is 0.295 e. The number of para-hydroxylation sites is 1. The van der Waals surface area contributed by atoms with E-state index < -0.39 is 9.85 Å². The van der Waals surface area contributed by atoms with Gasteiger partial charge in [0.25, 0.3) is 5.69 Å². The minimum atomic E-state index is -0.525. The average molecular weight is 259 g/mol. The molecule has 0 saturated heterocycles. The van der Waals surface area contributed by atoms with E-state index >= 15 is 0 Å². The third-order valence-electron chi connectivity index (χ3n) is 2.63. The fraction of sp³-hybridized carbons (Fsp3) is 0.0833. The Morgan fingerprint density at radius 3 is 2.63 bits per heavy atom. The van der Waals surface area contributed by atoms with Gasteiger partial charge in [0.2, 0.25) is 5.70 Å². The number of hydrogen-bond acceptors (Lipinski definition) is 5. The summed E-state index contributed by atoms with van der Waals surface area (Å²) in [5, 5.41) is 22.0. The van der Waals surface area contributed by atoms with E-state index in [-0.39, 0.29) is 16.9 Å². The molecule has 0 spiro atoms. The summed E-state index contributed by atoms with van der Waals surface area (Å²) in [5.41, 5.74) is 0.589. The summed E-state index contributed by atoms with van der Waals surface area (Å²) in [5.74, 6) is 0. The van der Waals surface area contributed by atoms with Gasteiger partial charge < -0.3 is 0 Å². The summed E-state index contributed by atoms with van der Waals surface area (Å²) in [6.07, 6.45) is 2.77. The minimum Gasteiger partial charge on any atom is -0.259 e. The monoisotopic (exact) mass is 259 g/mol. The van der Waals surface area contributed by atoms with E-state index in [1.54, 1.807) is 12.1 Å². The van der Waals surface area contributed by atoms with Crippen LogP contribution in [0.15, 0.2) is 36.2 Å². The van der Waals surface area contributed by atoms with E-state index in [0.29, 0.717) is 10.9 Å². The number of aromatic nitrogens is 1. The van der Waals surface area contributed by atoms with Crippen LogP contribution >= 0.6 is 0 Å². The van der Waals surface area contributed by atoms with E-state index in [1.807, 2.05) is 0 Å². The molecule has 0 bridgehead atoms. The van der Waals surface area contributed by atoms with Crippen molar-refractivity contribution in [2.24, 2.45) is 0 Å². The lowest BCUT2D eigenvalue weighted by atomic mass is 10.1. The predicted molar refractivity (Wildman–Crippen MR) is 69.0 cm³/mol. The molecular weight excluding hydrogens is 250 g/mol. The molecule has 7 heteroatoms. The molecule has 2 aromatic rings. The molecule has 0 atom stereocenters. The second-order valence-corrected chi connectivity index (χ2v) is 3.87. The molecule has 96 valence electrons. The van der Waals surface area contributed by atoms with Gasteiger partial charge in [-0.3, -0.25) is 20.2 Å². The van der Waals surface area contributed by atoms with E-state index in [0.717, 1.165) is 0 Å². The van der Waals surface area contributed by atoms with Crippen LogP contribution in [0.25, 0.3) is 17.0 Å². The van der Waals surface area contributed by atoms with Gasteiger partial charge in [-0.05, 0) is 11.6 Å². The van der Waals surface area contributed by atoms with Gasteiger partial charge in [-0.15, -0.1) is 0 Å². The number of nitro groups is 2. The fourth-order valence-electron chi connectivity index (χ4n) is 1.73. The van der Waals surface area contributed by atoms with E-state index in [1.165, 1.54) is 31.3 Å². The molecule has 19 heavy (non-hydrogen) atoms. The first-order valence-corrected chi connectivity index (χ1v) is 5.35. The van der Waals surface area contributed by atoms with Gasteiger partial charge >= 0.3 is 0 Å². The molecule has 1 heterocycles. The van der Waals surface area contributed by atoms with Crippen LogP contribution in [0.2, 0.25) is 0 Å². The molecule has 0 aliphatic heterocycles. The zero-order valence-corrected chi connectivity index (χ0v) is 9.94. The standard InChI is InChI=1S/C12H9N3O4/c1-8(14(16)17)7-9-5-6-13-12-10(9)3-2-4-11(12)15(18)19/h2-7H,1H3. The molecule has 7 nitrogen and oxygen atoms in total. The van der Waals surface area contributed by atoms with Crippen molar-refractivity contribution in [2.45, 2.75) is 6.92 Å². The maximum atomic E-state index is 10.9. The Morgan fingerprint density at radius 1 is 1.26 bits per heavy atom. The van der Waals surface area contributed by atoms with Gasteiger partial charge in [0.05, 0.1) is 9.85 Å². The third-order valence-corrected chi connectivity index (χ3v) is 2.63. The van der Waals surface area contributed by atoms with Gasteiger partial charge in [-0.2, -0.15) is 0 Å². The summed E-state index contributed by atoms with van der Waals surface area (Å²) in [4.78, 5) is 24.5. The topological polar surface area (TPSA) is 99.2 Å². The van der Waals surface area contributed by atoms with Crippen LogP contribution < -0.4 is 0 Å². The Hall–Kier alpha value is -2.83. The molecule has 0 N–H and O–H groups in total. The summed E-state index contributed by atoms with van der Waals surface area (Å²) in [6, 6.07) is 6.11. The Labute approximate surface area is 107 Å². The number of non-ortho nitro benzene ring substituents is 1. The summed E-state index contributed by atoms with van der Waals surface area (Å²) < 4.78 is 0. The molecule has 0 fully saturated rings. The number of nitro benzene ring substituents is 1. The quantitative estimate of drug-likeness (QED) is 0.623. The van der Waals surface area contributed by atoms with Crippen LogP contribution in [0.1, 0.15) is 12.5 Å². The highest BCUT2D eigenvalue weighted by atomic mass is 16.6. The van der Waals surface area contributed by atoms with Gasteiger partial charge in [-0.25, -0.2) is 4.98 Å². The molecule has 0 aliphatic carbocycles. The highest BCUT2D eigenvalue weighted by Gasteiger charge is 2.14. The summed E-state index contributed by atoms with van der Waals surface area (Å²) in [7, 11) is 0. The zero-order chi connectivity index (χ0) is 14.0. The molecule has 2 rings (SSSR count). The van der Waals surface area contributed by atoms with Gasteiger partial charge in [-0.1, -0.05) is 12.1 Å². The molecule has 1 aromatic heterocycles. The first kappa shape index (κ1) is 12.6. The molecule has 0 amide bonds. The lowest BCUT2D eigenvalue weighted by Gasteiger charge is -2.02. The number of rotatable bonds is 3. The number of benzene rings is 1. The predicted octanol–water partition coefficient (Wildman–Crippen LogP) is 2.78. The summed E-state index contributed by atoms with van der Waals surface area (Å²) >= 11 is 0. The first-order chi connectivity index (χ1) is 9.00. The molecule has 0 aliphatic rings. The van der Waals surface area contributed by atoms with E-state index in [2.05, 4.69) is 4.98 Å². The van der Waals surface area contributed by atoms with Crippen LogP contribution in [0, 0.1) is 20.2 Å². The Bertz CT molecular complexity index is 709. The molecule has 0 unspecified atom stereocenters. The van der Waals surface area contributed by atoms with Crippen LogP contribution in [0.3, 0.4) is 0 Å². The van der Waals surface area contributed by atoms with Crippen LogP contribution in [-0.2, 0) is 0 Å². The number of pyridine rings is 1.